The predicted octanol–water partition coefficient (Wildman–Crippen LogP) is 4.08. The molecule has 1 atom stereocenters. The second-order valence-electron chi connectivity index (χ2n) is 5.32. The molecule has 0 radical (unpaired) electrons. The Bertz CT molecular complexity index is 705. The highest BCUT2D eigenvalue weighted by molar-refractivity contribution is 9.10. The molecule has 1 unspecified atom stereocenters. The van der Waals surface area contributed by atoms with E-state index < -0.39 is 0 Å². The van der Waals surface area contributed by atoms with Crippen LogP contribution in [0.1, 0.15) is 15.9 Å². The van der Waals surface area contributed by atoms with Crippen molar-refractivity contribution in [2.75, 3.05) is 13.2 Å². The fourth-order valence-electron chi connectivity index (χ4n) is 2.53. The first-order chi connectivity index (χ1) is 10.6. The van der Waals surface area contributed by atoms with E-state index in [1.807, 2.05) is 24.3 Å². The van der Waals surface area contributed by atoms with E-state index in [4.69, 9.17) is 16.3 Å². The standard InChI is InChI=1S/C17H15BrClNO2/c18-13-5-6-15(19)14(8-13)17(21)20-9-11-7-12-3-1-2-4-16(12)22-10-11/h1-6,8,11H,7,9-10H2,(H,20,21). The minimum atomic E-state index is -0.162. The number of carbonyl (C=O) groups excluding carboxylic acids is 1. The van der Waals surface area contributed by atoms with Crippen molar-refractivity contribution in [3.05, 3.63) is 63.1 Å². The van der Waals surface area contributed by atoms with Gasteiger partial charge in [0.1, 0.15) is 5.75 Å². The summed E-state index contributed by atoms with van der Waals surface area (Å²) >= 11 is 9.42. The van der Waals surface area contributed by atoms with Crippen LogP contribution >= 0.6 is 27.5 Å². The minimum absolute atomic E-state index is 0.162. The molecule has 2 aromatic carbocycles. The van der Waals surface area contributed by atoms with Gasteiger partial charge >= 0.3 is 0 Å². The molecule has 0 saturated carbocycles. The van der Waals surface area contributed by atoms with Crippen molar-refractivity contribution in [3.63, 3.8) is 0 Å². The zero-order chi connectivity index (χ0) is 15.5. The molecule has 1 heterocycles. The summed E-state index contributed by atoms with van der Waals surface area (Å²) in [7, 11) is 0. The van der Waals surface area contributed by atoms with Crippen molar-refractivity contribution < 1.29 is 9.53 Å². The molecule has 2 aromatic rings. The fourth-order valence-corrected chi connectivity index (χ4v) is 3.09. The maximum absolute atomic E-state index is 12.2. The molecule has 0 spiro atoms. The lowest BCUT2D eigenvalue weighted by atomic mass is 9.96. The molecule has 3 rings (SSSR count). The van der Waals surface area contributed by atoms with Crippen LogP contribution in [0.4, 0.5) is 0 Å². The number of halogens is 2. The van der Waals surface area contributed by atoms with E-state index in [9.17, 15) is 4.79 Å². The van der Waals surface area contributed by atoms with Gasteiger partial charge in [-0.1, -0.05) is 45.7 Å². The highest BCUT2D eigenvalue weighted by Crippen LogP contribution is 2.26. The maximum atomic E-state index is 12.2. The van der Waals surface area contributed by atoms with E-state index in [-0.39, 0.29) is 11.8 Å². The Morgan fingerprint density at radius 3 is 3.00 bits per heavy atom. The highest BCUT2D eigenvalue weighted by Gasteiger charge is 2.20. The molecule has 22 heavy (non-hydrogen) atoms. The summed E-state index contributed by atoms with van der Waals surface area (Å²) < 4.78 is 6.56. The Labute approximate surface area is 142 Å². The van der Waals surface area contributed by atoms with Crippen molar-refractivity contribution in [1.82, 2.24) is 5.32 Å². The second kappa shape index (κ2) is 6.71. The van der Waals surface area contributed by atoms with Crippen molar-refractivity contribution >= 4 is 33.4 Å². The van der Waals surface area contributed by atoms with Crippen LogP contribution in [0.2, 0.25) is 5.02 Å². The first kappa shape index (κ1) is 15.4. The first-order valence-corrected chi connectivity index (χ1v) is 8.24. The van der Waals surface area contributed by atoms with E-state index in [1.165, 1.54) is 5.56 Å². The van der Waals surface area contributed by atoms with Gasteiger partial charge in [0, 0.05) is 16.9 Å². The lowest BCUT2D eigenvalue weighted by Crippen LogP contribution is -2.34. The van der Waals surface area contributed by atoms with Gasteiger partial charge in [0.2, 0.25) is 0 Å². The molecular weight excluding hydrogens is 366 g/mol. The van der Waals surface area contributed by atoms with Gasteiger partial charge < -0.3 is 10.1 Å². The van der Waals surface area contributed by atoms with Gasteiger partial charge in [0.05, 0.1) is 17.2 Å². The van der Waals surface area contributed by atoms with Crippen LogP contribution in [0.25, 0.3) is 0 Å². The number of hydrogen-bond donors (Lipinski definition) is 1. The summed E-state index contributed by atoms with van der Waals surface area (Å²) in [6.07, 6.45) is 0.905. The third kappa shape index (κ3) is 3.45. The van der Waals surface area contributed by atoms with Crippen molar-refractivity contribution in [1.29, 1.82) is 0 Å². The van der Waals surface area contributed by atoms with Crippen molar-refractivity contribution in [3.8, 4) is 5.75 Å². The van der Waals surface area contributed by atoms with Crippen LogP contribution in [0.5, 0.6) is 5.75 Å². The third-order valence-corrected chi connectivity index (χ3v) is 4.50. The second-order valence-corrected chi connectivity index (χ2v) is 6.65. The number of ether oxygens (including phenoxy) is 1. The monoisotopic (exact) mass is 379 g/mol. The SMILES string of the molecule is O=C(NCC1COc2ccccc2C1)c1cc(Br)ccc1Cl. The van der Waals surface area contributed by atoms with Gasteiger partial charge in [0.25, 0.3) is 5.91 Å². The number of para-hydroxylation sites is 1. The molecule has 1 aliphatic heterocycles. The molecule has 0 aliphatic carbocycles. The Morgan fingerprint density at radius 1 is 1.32 bits per heavy atom. The van der Waals surface area contributed by atoms with Gasteiger partial charge in [-0.2, -0.15) is 0 Å². The Balaban J connectivity index is 1.61. The minimum Gasteiger partial charge on any atom is -0.493 e. The number of benzene rings is 2. The quantitative estimate of drug-likeness (QED) is 0.871. The van der Waals surface area contributed by atoms with Crippen molar-refractivity contribution in [2.45, 2.75) is 6.42 Å². The number of amides is 1. The van der Waals surface area contributed by atoms with Crippen LogP contribution in [0.3, 0.4) is 0 Å². The molecule has 0 bridgehead atoms. The lowest BCUT2D eigenvalue weighted by molar-refractivity contribution is 0.0939. The number of carbonyl (C=O) groups is 1. The summed E-state index contributed by atoms with van der Waals surface area (Å²) in [6, 6.07) is 13.3. The Kier molecular flexibility index (Phi) is 4.69. The number of nitrogens with one attached hydrogen (secondary N) is 1. The van der Waals surface area contributed by atoms with Gasteiger partial charge in [-0.25, -0.2) is 0 Å². The van der Waals surface area contributed by atoms with E-state index in [0.717, 1.165) is 16.6 Å². The molecule has 3 nitrogen and oxygen atoms in total. The molecule has 5 heteroatoms. The van der Waals surface area contributed by atoms with Gasteiger partial charge in [-0.05, 0) is 36.2 Å². The van der Waals surface area contributed by atoms with Crippen LogP contribution in [0, 0.1) is 5.92 Å². The molecule has 0 saturated heterocycles. The first-order valence-electron chi connectivity index (χ1n) is 7.07. The summed E-state index contributed by atoms with van der Waals surface area (Å²) in [5.74, 6) is 1.05. The van der Waals surface area contributed by atoms with E-state index in [0.29, 0.717) is 23.7 Å². The molecule has 1 N–H and O–H groups in total. The molecule has 0 aromatic heterocycles. The summed E-state index contributed by atoms with van der Waals surface area (Å²) in [5.41, 5.74) is 1.67. The number of rotatable bonds is 3. The van der Waals surface area contributed by atoms with E-state index >= 15 is 0 Å². The molecular formula is C17H15BrClNO2. The zero-order valence-electron chi connectivity index (χ0n) is 11.8. The normalized spacial score (nSPS) is 16.5. The topological polar surface area (TPSA) is 38.3 Å². The highest BCUT2D eigenvalue weighted by atomic mass is 79.9. The summed E-state index contributed by atoms with van der Waals surface area (Å²) in [4.78, 5) is 12.2. The summed E-state index contributed by atoms with van der Waals surface area (Å²) in [5, 5.41) is 3.39. The molecule has 114 valence electrons. The fraction of sp³-hybridized carbons (Fsp3) is 0.235. The smallest absolute Gasteiger partial charge is 0.252 e. The van der Waals surface area contributed by atoms with Crippen LogP contribution in [-0.2, 0) is 6.42 Å². The molecule has 0 fully saturated rings. The summed E-state index contributed by atoms with van der Waals surface area (Å²) in [6.45, 7) is 1.18. The molecule has 1 aliphatic rings. The largest absolute Gasteiger partial charge is 0.493 e. The Morgan fingerprint density at radius 2 is 2.14 bits per heavy atom. The predicted molar refractivity (Wildman–Crippen MR) is 90.6 cm³/mol. The number of fused-ring (bicyclic) bond motifs is 1. The lowest BCUT2D eigenvalue weighted by Gasteiger charge is -2.25. The average molecular weight is 381 g/mol. The van der Waals surface area contributed by atoms with Gasteiger partial charge in [-0.3, -0.25) is 4.79 Å². The van der Waals surface area contributed by atoms with E-state index in [1.54, 1.807) is 12.1 Å². The van der Waals surface area contributed by atoms with E-state index in [2.05, 4.69) is 27.3 Å². The maximum Gasteiger partial charge on any atom is 0.252 e. The number of hydrogen-bond acceptors (Lipinski definition) is 2. The van der Waals surface area contributed by atoms with Crippen molar-refractivity contribution in [2.24, 2.45) is 5.92 Å². The van der Waals surface area contributed by atoms with Crippen LogP contribution < -0.4 is 10.1 Å². The van der Waals surface area contributed by atoms with Crippen LogP contribution in [0.15, 0.2) is 46.9 Å². The van der Waals surface area contributed by atoms with Crippen LogP contribution in [-0.4, -0.2) is 19.1 Å². The average Bonchev–Trinajstić information content (AvgIpc) is 2.54. The zero-order valence-corrected chi connectivity index (χ0v) is 14.2. The van der Waals surface area contributed by atoms with Gasteiger partial charge in [-0.15, -0.1) is 0 Å². The third-order valence-electron chi connectivity index (χ3n) is 3.68. The molecule has 1 amide bonds. The van der Waals surface area contributed by atoms with Gasteiger partial charge in [0.15, 0.2) is 0 Å². The Hall–Kier alpha value is -1.52.